The van der Waals surface area contributed by atoms with Crippen LogP contribution in [0.3, 0.4) is 0 Å². The molecule has 116 valence electrons. The monoisotopic (exact) mass is 377 g/mol. The molecule has 1 N–H and O–H groups in total. The summed E-state index contributed by atoms with van der Waals surface area (Å²) in [6.45, 7) is 1.74. The van der Waals surface area contributed by atoms with Crippen LogP contribution in [-0.4, -0.2) is 43.2 Å². The maximum atomic E-state index is 13.0. The van der Waals surface area contributed by atoms with Gasteiger partial charge in [0.2, 0.25) is 14.7 Å². The average Bonchev–Trinajstić information content (AvgIpc) is 2.80. The molecule has 6 nitrogen and oxygen atoms in total. The van der Waals surface area contributed by atoms with Crippen LogP contribution in [0.15, 0.2) is 27.6 Å². The van der Waals surface area contributed by atoms with Gasteiger partial charge in [-0.05, 0) is 43.5 Å². The van der Waals surface area contributed by atoms with Gasteiger partial charge in [0.05, 0.1) is 12.0 Å². The number of aryl methyl sites for hydroxylation is 1. The van der Waals surface area contributed by atoms with Crippen molar-refractivity contribution in [1.82, 2.24) is 5.06 Å². The molecule has 1 atom stereocenters. The molecule has 1 fully saturated rings. The summed E-state index contributed by atoms with van der Waals surface area (Å²) in [4.78, 5) is 10.1. The molecule has 0 spiro atoms. The number of carbonyl (C=O) groups excluding carboxylic acids is 1. The van der Waals surface area contributed by atoms with Crippen molar-refractivity contribution in [2.24, 2.45) is 0 Å². The highest BCUT2D eigenvalue weighted by atomic mass is 79.9. The molecule has 8 heteroatoms. The number of esters is 1. The molecule has 1 heterocycles. The van der Waals surface area contributed by atoms with E-state index in [1.807, 2.05) is 0 Å². The Morgan fingerprint density at radius 1 is 1.48 bits per heavy atom. The Bertz CT molecular complexity index is 675. The summed E-state index contributed by atoms with van der Waals surface area (Å²) in [7, 11) is -3.02. The van der Waals surface area contributed by atoms with Gasteiger partial charge in [-0.25, -0.2) is 13.2 Å². The molecule has 0 radical (unpaired) electrons. The number of carbonyl (C=O) groups is 1. The summed E-state index contributed by atoms with van der Waals surface area (Å²) in [5.74, 6) is -0.968. The standard InChI is InChI=1S/C13H16BrNO5S/c1-9-8-10(14)4-5-11(9)21(18,19)13(12(16)20-2)6-3-7-15(13)17/h4-5,8,17H,3,6-7H2,1-2H3. The lowest BCUT2D eigenvalue weighted by molar-refractivity contribution is -0.171. The molecule has 0 saturated carbocycles. The van der Waals surface area contributed by atoms with Crippen LogP contribution in [0.25, 0.3) is 0 Å². The summed E-state index contributed by atoms with van der Waals surface area (Å²) in [6.07, 6.45) is 0.383. The lowest BCUT2D eigenvalue weighted by Crippen LogP contribution is -2.55. The van der Waals surface area contributed by atoms with E-state index < -0.39 is 20.7 Å². The fourth-order valence-corrected chi connectivity index (χ4v) is 5.28. The fourth-order valence-electron chi connectivity index (χ4n) is 2.62. The SMILES string of the molecule is COC(=O)C1(S(=O)(=O)c2ccc(Br)cc2C)CCCN1O. The first-order valence-corrected chi connectivity index (χ1v) is 8.60. The molecule has 21 heavy (non-hydrogen) atoms. The van der Waals surface area contributed by atoms with Crippen molar-refractivity contribution in [3.8, 4) is 0 Å². The highest BCUT2D eigenvalue weighted by Gasteiger charge is 2.59. The molecular weight excluding hydrogens is 362 g/mol. The van der Waals surface area contributed by atoms with E-state index in [9.17, 15) is 18.4 Å². The second-order valence-electron chi connectivity index (χ2n) is 4.92. The van der Waals surface area contributed by atoms with Crippen molar-refractivity contribution < 1.29 is 23.2 Å². The molecule has 1 saturated heterocycles. The number of hydrogen-bond acceptors (Lipinski definition) is 6. The predicted molar refractivity (Wildman–Crippen MR) is 78.5 cm³/mol. The molecule has 1 unspecified atom stereocenters. The minimum absolute atomic E-state index is 0.00594. The number of nitrogens with zero attached hydrogens (tertiary/aromatic N) is 1. The summed E-state index contributed by atoms with van der Waals surface area (Å²) >= 11 is 3.27. The molecular formula is C13H16BrNO5S. The van der Waals surface area contributed by atoms with Gasteiger partial charge in [-0.3, -0.25) is 0 Å². The maximum Gasteiger partial charge on any atom is 0.344 e. The zero-order valence-electron chi connectivity index (χ0n) is 11.7. The van der Waals surface area contributed by atoms with Gasteiger partial charge in [0, 0.05) is 11.0 Å². The van der Waals surface area contributed by atoms with Crippen molar-refractivity contribution in [3.63, 3.8) is 0 Å². The first kappa shape index (κ1) is 16.4. The minimum atomic E-state index is -4.13. The van der Waals surface area contributed by atoms with Crippen molar-refractivity contribution in [2.45, 2.75) is 29.5 Å². The largest absolute Gasteiger partial charge is 0.467 e. The van der Waals surface area contributed by atoms with Crippen LogP contribution in [0, 0.1) is 6.92 Å². The van der Waals surface area contributed by atoms with Gasteiger partial charge in [0.15, 0.2) is 0 Å². The minimum Gasteiger partial charge on any atom is -0.467 e. The van der Waals surface area contributed by atoms with E-state index in [2.05, 4.69) is 20.7 Å². The second-order valence-corrected chi connectivity index (χ2v) is 7.95. The van der Waals surface area contributed by atoms with Crippen LogP contribution in [0.2, 0.25) is 0 Å². The summed E-state index contributed by atoms with van der Waals surface area (Å²) in [5.41, 5.74) is 0.493. The van der Waals surface area contributed by atoms with Crippen LogP contribution in [0.5, 0.6) is 0 Å². The number of methoxy groups -OCH3 is 1. The van der Waals surface area contributed by atoms with Crippen LogP contribution in [0.1, 0.15) is 18.4 Å². The zero-order valence-corrected chi connectivity index (χ0v) is 14.1. The first-order chi connectivity index (χ1) is 9.77. The lowest BCUT2D eigenvalue weighted by Gasteiger charge is -2.31. The summed E-state index contributed by atoms with van der Waals surface area (Å²) in [5, 5.41) is 10.6. The van der Waals surface area contributed by atoms with Crippen molar-refractivity contribution in [2.75, 3.05) is 13.7 Å². The number of ether oxygens (including phenoxy) is 1. The number of halogens is 1. The molecule has 1 aromatic rings. The Morgan fingerprint density at radius 2 is 2.14 bits per heavy atom. The van der Waals surface area contributed by atoms with Crippen molar-refractivity contribution in [3.05, 3.63) is 28.2 Å². The van der Waals surface area contributed by atoms with Gasteiger partial charge in [-0.1, -0.05) is 15.9 Å². The van der Waals surface area contributed by atoms with E-state index >= 15 is 0 Å². The third-order valence-corrected chi connectivity index (χ3v) is 6.68. The number of benzene rings is 1. The first-order valence-electron chi connectivity index (χ1n) is 6.33. The normalized spacial score (nSPS) is 23.2. The highest BCUT2D eigenvalue weighted by Crippen LogP contribution is 2.39. The number of rotatable bonds is 3. The highest BCUT2D eigenvalue weighted by molar-refractivity contribution is 9.10. The van der Waals surface area contributed by atoms with E-state index in [1.165, 1.54) is 6.07 Å². The average molecular weight is 378 g/mol. The molecule has 0 bridgehead atoms. The molecule has 1 aromatic carbocycles. The van der Waals surface area contributed by atoms with Crippen LogP contribution >= 0.6 is 15.9 Å². The van der Waals surface area contributed by atoms with Crippen LogP contribution < -0.4 is 0 Å². The van der Waals surface area contributed by atoms with Crippen LogP contribution in [0.4, 0.5) is 0 Å². The molecule has 0 aliphatic carbocycles. The smallest absolute Gasteiger partial charge is 0.344 e. The summed E-state index contributed by atoms with van der Waals surface area (Å²) in [6, 6.07) is 4.65. The molecule has 2 rings (SSSR count). The molecule has 0 aromatic heterocycles. The summed E-state index contributed by atoms with van der Waals surface area (Å²) < 4.78 is 31.3. The third kappa shape index (κ3) is 2.40. The van der Waals surface area contributed by atoms with Crippen molar-refractivity contribution >= 4 is 31.7 Å². The van der Waals surface area contributed by atoms with E-state index in [1.54, 1.807) is 19.1 Å². The quantitative estimate of drug-likeness (QED) is 0.809. The van der Waals surface area contributed by atoms with Gasteiger partial charge in [-0.2, -0.15) is 5.06 Å². The zero-order chi connectivity index (χ0) is 15.8. The van der Waals surface area contributed by atoms with Gasteiger partial charge in [0.25, 0.3) is 0 Å². The maximum absolute atomic E-state index is 13.0. The van der Waals surface area contributed by atoms with Gasteiger partial charge in [-0.15, -0.1) is 0 Å². The molecule has 1 aliphatic heterocycles. The van der Waals surface area contributed by atoms with E-state index in [0.717, 1.165) is 11.6 Å². The number of hydrogen-bond donors (Lipinski definition) is 1. The molecule has 0 amide bonds. The lowest BCUT2D eigenvalue weighted by atomic mass is 10.2. The third-order valence-electron chi connectivity index (χ3n) is 3.68. The Labute approximate surface area is 131 Å². The number of hydroxylamine groups is 2. The Hall–Kier alpha value is -0.960. The number of sulfone groups is 1. The predicted octanol–water partition coefficient (Wildman–Crippen LogP) is 1.89. The van der Waals surface area contributed by atoms with E-state index in [4.69, 9.17) is 0 Å². The fraction of sp³-hybridized carbons (Fsp3) is 0.462. The topological polar surface area (TPSA) is 83.9 Å². The Balaban J connectivity index is 2.66. The van der Waals surface area contributed by atoms with Gasteiger partial charge < -0.3 is 9.94 Å². The Morgan fingerprint density at radius 3 is 2.62 bits per heavy atom. The Kier molecular flexibility index (Phi) is 4.44. The van der Waals surface area contributed by atoms with E-state index in [0.29, 0.717) is 17.0 Å². The van der Waals surface area contributed by atoms with Crippen molar-refractivity contribution in [1.29, 1.82) is 0 Å². The van der Waals surface area contributed by atoms with Gasteiger partial charge in [0.1, 0.15) is 0 Å². The van der Waals surface area contributed by atoms with Crippen LogP contribution in [-0.2, 0) is 19.4 Å². The second kappa shape index (κ2) is 5.68. The molecule has 1 aliphatic rings. The van der Waals surface area contributed by atoms with E-state index in [-0.39, 0.29) is 17.9 Å². The van der Waals surface area contributed by atoms with Gasteiger partial charge >= 0.3 is 5.97 Å².